The molecule has 4 atom stereocenters. The number of ether oxygens (including phenoxy) is 4. The van der Waals surface area contributed by atoms with Crippen LogP contribution in [0.2, 0.25) is 0 Å². The van der Waals surface area contributed by atoms with Crippen LogP contribution < -0.4 is 14.8 Å². The van der Waals surface area contributed by atoms with Gasteiger partial charge >= 0.3 is 0 Å². The number of amides is 1. The number of aromatic nitrogens is 4. The molecule has 0 aliphatic carbocycles. The Morgan fingerprint density at radius 2 is 1.34 bits per heavy atom. The first-order valence-corrected chi connectivity index (χ1v) is 26.0. The van der Waals surface area contributed by atoms with Crippen LogP contribution in [0.5, 0.6) is 11.5 Å². The topological polar surface area (TPSA) is 139 Å². The molecule has 0 radical (unpaired) electrons. The second-order valence-electron chi connectivity index (χ2n) is 15.9. The van der Waals surface area contributed by atoms with E-state index >= 15 is 0 Å². The van der Waals surface area contributed by atoms with Crippen molar-refractivity contribution >= 4 is 58.6 Å². The van der Waals surface area contributed by atoms with Crippen molar-refractivity contribution in [1.82, 2.24) is 24.2 Å². The third kappa shape index (κ3) is 10.6. The smallest absolute Gasteiger partial charge is 0.256 e. The number of thioether (sulfide) groups is 1. The number of hydrogen-bond acceptors (Lipinski definition) is 13. The maximum Gasteiger partial charge on any atom is 0.256 e. The Balaban J connectivity index is 1.04. The lowest BCUT2D eigenvalue weighted by molar-refractivity contribution is -0.0896. The number of hydrogen-bond donors (Lipinski definition) is 1. The quantitative estimate of drug-likeness (QED) is 0.0468. The lowest BCUT2D eigenvalue weighted by Gasteiger charge is -2.37. The average Bonchev–Trinajstić information content (AvgIpc) is 4.18. The lowest BCUT2D eigenvalue weighted by Crippen LogP contribution is -2.38. The first kappa shape index (κ1) is 46.5. The highest BCUT2D eigenvalue weighted by atomic mass is 32.7. The van der Waals surface area contributed by atoms with E-state index in [1.54, 1.807) is 44.1 Å². The molecule has 4 heterocycles. The largest absolute Gasteiger partial charge is 0.497 e. The summed E-state index contributed by atoms with van der Waals surface area (Å²) < 4.78 is 37.4. The SMILES string of the molecule is COc1ccc(C(OC[C@H]2O[C@@H](n3cnc4c(NC(=O)c5ccccc5)ncnc43)C[C@@H]2OP(SCCSC(=O)c2ccccc2)N2CCCC2)(c2ccccc2)c2ccc(OC)cc2)cc1. The lowest BCUT2D eigenvalue weighted by atomic mass is 9.80. The molecule has 0 saturated carbocycles. The van der Waals surface area contributed by atoms with E-state index in [-0.39, 0.29) is 17.6 Å². The Morgan fingerprint density at radius 1 is 0.746 bits per heavy atom. The summed E-state index contributed by atoms with van der Waals surface area (Å²) in [5.41, 5.74) is 3.78. The molecule has 67 heavy (non-hydrogen) atoms. The van der Waals surface area contributed by atoms with Crippen LogP contribution in [0.3, 0.4) is 0 Å². The molecule has 13 nitrogen and oxygen atoms in total. The van der Waals surface area contributed by atoms with E-state index in [0.717, 1.165) is 59.9 Å². The van der Waals surface area contributed by atoms with Crippen LogP contribution in [0.15, 0.2) is 152 Å². The number of fused-ring (bicyclic) bond motifs is 1. The molecule has 2 aliphatic heterocycles. The zero-order valence-corrected chi connectivity index (χ0v) is 39.7. The number of nitrogens with zero attached hydrogens (tertiary/aromatic N) is 5. The first-order valence-electron chi connectivity index (χ1n) is 22.2. The van der Waals surface area contributed by atoms with Gasteiger partial charge in [-0.15, -0.1) is 0 Å². The number of methoxy groups -OCH3 is 2. The van der Waals surface area contributed by atoms with Crippen molar-refractivity contribution in [2.75, 3.05) is 50.7 Å². The second kappa shape index (κ2) is 22.0. The highest BCUT2D eigenvalue weighted by molar-refractivity contribution is 8.53. The molecule has 1 unspecified atom stereocenters. The fourth-order valence-corrected chi connectivity index (χ4v) is 13.7. The molecule has 344 valence electrons. The Bertz CT molecular complexity index is 2670. The van der Waals surface area contributed by atoms with Crippen LogP contribution in [0.25, 0.3) is 11.2 Å². The van der Waals surface area contributed by atoms with E-state index in [4.69, 9.17) is 28.5 Å². The van der Waals surface area contributed by atoms with Gasteiger partial charge in [0, 0.05) is 42.1 Å². The molecule has 16 heteroatoms. The van der Waals surface area contributed by atoms with E-state index in [2.05, 4.69) is 32.1 Å². The predicted molar refractivity (Wildman–Crippen MR) is 265 cm³/mol. The van der Waals surface area contributed by atoms with Gasteiger partial charge in [-0.3, -0.25) is 18.8 Å². The maximum atomic E-state index is 13.2. The molecule has 2 saturated heterocycles. The molecule has 5 aromatic carbocycles. The standard InChI is InChI=1S/C51H51N6O7PS2/c1-60-41-24-20-39(21-25-41)51(38-18-10-5-11-19-38,40-22-26-42(61-2)27-23-40)62-33-44-43(64-65(56-28-12-13-29-56)67-31-30-66-50(59)37-16-8-4-9-17-37)32-45(63-44)57-35-54-46-47(52-34-53-48(46)57)55-49(58)36-14-6-3-7-15-36/h3-11,14-27,34-35,43-45H,12-13,28-33H2,1-2H3,(H,52,53,55,58)/t43-,44+,45+,65?/m0/s1. The van der Waals surface area contributed by atoms with Gasteiger partial charge in [-0.25, -0.2) is 15.0 Å². The molecule has 1 amide bonds. The van der Waals surface area contributed by atoms with Crippen LogP contribution in [-0.2, 0) is 19.6 Å². The molecule has 0 bridgehead atoms. The summed E-state index contributed by atoms with van der Waals surface area (Å²) in [6.45, 7) is 2.00. The fraction of sp³-hybridized carbons (Fsp3) is 0.275. The zero-order chi connectivity index (χ0) is 46.0. The van der Waals surface area contributed by atoms with Gasteiger partial charge in [0.05, 0.1) is 33.3 Å². The molecule has 0 spiro atoms. The highest BCUT2D eigenvalue weighted by Gasteiger charge is 2.45. The number of anilines is 1. The van der Waals surface area contributed by atoms with E-state index in [9.17, 15) is 9.59 Å². The van der Waals surface area contributed by atoms with Gasteiger partial charge in [0.15, 0.2) is 24.5 Å². The van der Waals surface area contributed by atoms with E-state index < -0.39 is 31.5 Å². The van der Waals surface area contributed by atoms with Gasteiger partial charge < -0.3 is 28.8 Å². The average molecular weight is 955 g/mol. The summed E-state index contributed by atoms with van der Waals surface area (Å²) in [6, 6.07) is 44.5. The van der Waals surface area contributed by atoms with Gasteiger partial charge in [-0.05, 0) is 65.9 Å². The molecule has 1 N–H and O–H groups in total. The number of rotatable bonds is 19. The number of carbonyl (C=O) groups is 2. The Labute approximate surface area is 399 Å². The van der Waals surface area contributed by atoms with Gasteiger partial charge in [0.25, 0.3) is 5.91 Å². The third-order valence-corrected chi connectivity index (χ3v) is 17.1. The molecule has 2 fully saturated rings. The minimum atomic E-state index is -1.15. The van der Waals surface area contributed by atoms with Crippen molar-refractivity contribution in [3.8, 4) is 11.5 Å². The van der Waals surface area contributed by atoms with E-state index in [1.165, 1.54) is 18.1 Å². The molecule has 2 aromatic heterocycles. The van der Waals surface area contributed by atoms with Crippen molar-refractivity contribution < 1.29 is 33.1 Å². The van der Waals surface area contributed by atoms with Gasteiger partial charge in [-0.1, -0.05) is 126 Å². The van der Waals surface area contributed by atoms with Crippen molar-refractivity contribution in [3.63, 3.8) is 0 Å². The molecule has 2 aliphatic rings. The van der Waals surface area contributed by atoms with Crippen molar-refractivity contribution in [1.29, 1.82) is 0 Å². The van der Waals surface area contributed by atoms with E-state index in [1.807, 2.05) is 120 Å². The van der Waals surface area contributed by atoms with Crippen LogP contribution in [0, 0.1) is 0 Å². The first-order chi connectivity index (χ1) is 32.9. The van der Waals surface area contributed by atoms with Crippen LogP contribution in [0.4, 0.5) is 5.82 Å². The van der Waals surface area contributed by atoms with Gasteiger partial charge in [0.1, 0.15) is 35.8 Å². The monoisotopic (exact) mass is 954 g/mol. The molecule has 7 aromatic rings. The Morgan fingerprint density at radius 3 is 1.97 bits per heavy atom. The minimum Gasteiger partial charge on any atom is -0.497 e. The second-order valence-corrected chi connectivity index (χ2v) is 20.6. The van der Waals surface area contributed by atoms with Crippen LogP contribution >= 0.6 is 30.6 Å². The molecular formula is C51H51N6O7PS2. The molecule has 9 rings (SSSR count). The zero-order valence-electron chi connectivity index (χ0n) is 37.2. The number of carbonyl (C=O) groups excluding carboxylic acids is 2. The van der Waals surface area contributed by atoms with Crippen molar-refractivity contribution in [2.45, 2.75) is 43.3 Å². The maximum absolute atomic E-state index is 13.2. The summed E-state index contributed by atoms with van der Waals surface area (Å²) in [5.74, 6) is 2.83. The van der Waals surface area contributed by atoms with E-state index in [0.29, 0.717) is 40.3 Å². The number of benzene rings is 5. The summed E-state index contributed by atoms with van der Waals surface area (Å²) in [7, 11) is 2.16. The van der Waals surface area contributed by atoms with Crippen molar-refractivity contribution in [2.24, 2.45) is 0 Å². The van der Waals surface area contributed by atoms with Gasteiger partial charge in [-0.2, -0.15) is 0 Å². The summed E-state index contributed by atoms with van der Waals surface area (Å²) in [5, 5.41) is 2.98. The van der Waals surface area contributed by atoms with Crippen molar-refractivity contribution in [3.05, 3.63) is 180 Å². The van der Waals surface area contributed by atoms with Crippen LogP contribution in [-0.4, -0.2) is 92.8 Å². The summed E-state index contributed by atoms with van der Waals surface area (Å²) in [4.78, 5) is 40.0. The normalized spacial score (nSPS) is 17.9. The number of nitrogens with one attached hydrogen (secondary N) is 1. The summed E-state index contributed by atoms with van der Waals surface area (Å²) >= 11 is 3.11. The Hall–Kier alpha value is -5.64. The summed E-state index contributed by atoms with van der Waals surface area (Å²) in [6.07, 6.45) is 4.23. The minimum absolute atomic E-state index is 0.0617. The third-order valence-electron chi connectivity index (χ3n) is 11.8. The Kier molecular flexibility index (Phi) is 15.2. The predicted octanol–water partition coefficient (Wildman–Crippen LogP) is 10.4. The van der Waals surface area contributed by atoms with Gasteiger partial charge in [0.2, 0.25) is 5.12 Å². The molecular weight excluding hydrogens is 904 g/mol. The van der Waals surface area contributed by atoms with Crippen LogP contribution in [0.1, 0.15) is 62.9 Å². The fourth-order valence-electron chi connectivity index (χ4n) is 8.40. The highest BCUT2D eigenvalue weighted by Crippen LogP contribution is 2.58. The number of imidazole rings is 1.